The third-order valence-corrected chi connectivity index (χ3v) is 2.64. The Morgan fingerprint density at radius 1 is 1.38 bits per heavy atom. The summed E-state index contributed by atoms with van der Waals surface area (Å²) in [6.45, 7) is 6.99. The van der Waals surface area contributed by atoms with E-state index < -0.39 is 0 Å². The fourth-order valence-electron chi connectivity index (χ4n) is 1.85. The largest absolute Gasteiger partial charge is 0.494 e. The Balaban J connectivity index is 3.08. The molecule has 0 aromatic heterocycles. The molecule has 90 valence electrons. The van der Waals surface area contributed by atoms with Gasteiger partial charge in [0, 0.05) is 11.6 Å². The number of ether oxygens (including phenoxy) is 1. The number of methoxy groups -OCH3 is 1. The van der Waals surface area contributed by atoms with E-state index >= 15 is 0 Å². The molecule has 1 rings (SSSR count). The van der Waals surface area contributed by atoms with Gasteiger partial charge in [0.05, 0.1) is 7.11 Å². The second-order valence-corrected chi connectivity index (χ2v) is 4.14. The molecule has 16 heavy (non-hydrogen) atoms. The Bertz CT molecular complexity index is 339. The standard InChI is InChI=1S/C13H20FNO/c1-5-15-13(9(2)3)10-7-6-8-11(16-4)12(10)14/h6-9,13,15H,5H2,1-4H3. The Labute approximate surface area is 96.8 Å². The van der Waals surface area contributed by atoms with Gasteiger partial charge in [-0.25, -0.2) is 4.39 Å². The molecule has 0 aliphatic heterocycles. The van der Waals surface area contributed by atoms with Crippen LogP contribution in [-0.2, 0) is 0 Å². The van der Waals surface area contributed by atoms with E-state index in [0.29, 0.717) is 17.2 Å². The molecule has 1 aromatic rings. The summed E-state index contributed by atoms with van der Waals surface area (Å²) >= 11 is 0. The SMILES string of the molecule is CCNC(c1cccc(OC)c1F)C(C)C. The fraction of sp³-hybridized carbons (Fsp3) is 0.538. The highest BCUT2D eigenvalue weighted by Gasteiger charge is 2.20. The van der Waals surface area contributed by atoms with E-state index in [9.17, 15) is 4.39 Å². The molecule has 0 bridgehead atoms. The van der Waals surface area contributed by atoms with Gasteiger partial charge in [-0.2, -0.15) is 0 Å². The van der Waals surface area contributed by atoms with Crippen LogP contribution in [0.4, 0.5) is 4.39 Å². The van der Waals surface area contributed by atoms with Crippen LogP contribution in [0.5, 0.6) is 5.75 Å². The molecule has 0 aliphatic rings. The summed E-state index contributed by atoms with van der Waals surface area (Å²) in [6, 6.07) is 5.30. The fourth-order valence-corrected chi connectivity index (χ4v) is 1.85. The molecule has 1 atom stereocenters. The summed E-state index contributed by atoms with van der Waals surface area (Å²) in [4.78, 5) is 0. The van der Waals surface area contributed by atoms with Gasteiger partial charge in [0.15, 0.2) is 11.6 Å². The van der Waals surface area contributed by atoms with Crippen LogP contribution in [0.3, 0.4) is 0 Å². The average Bonchev–Trinajstić information content (AvgIpc) is 2.26. The lowest BCUT2D eigenvalue weighted by Gasteiger charge is -2.23. The molecule has 1 unspecified atom stereocenters. The molecular formula is C13H20FNO. The normalized spacial score (nSPS) is 12.9. The molecule has 0 spiro atoms. The molecular weight excluding hydrogens is 205 g/mol. The van der Waals surface area contributed by atoms with Crippen LogP contribution >= 0.6 is 0 Å². The van der Waals surface area contributed by atoms with Crippen LogP contribution < -0.4 is 10.1 Å². The topological polar surface area (TPSA) is 21.3 Å². The van der Waals surface area contributed by atoms with Gasteiger partial charge >= 0.3 is 0 Å². The highest BCUT2D eigenvalue weighted by atomic mass is 19.1. The molecule has 2 nitrogen and oxygen atoms in total. The van der Waals surface area contributed by atoms with Crippen LogP contribution in [0, 0.1) is 11.7 Å². The second kappa shape index (κ2) is 5.85. The maximum atomic E-state index is 14.0. The van der Waals surface area contributed by atoms with Crippen molar-refractivity contribution in [1.82, 2.24) is 5.32 Å². The molecule has 0 radical (unpaired) electrons. The summed E-state index contributed by atoms with van der Waals surface area (Å²) in [5.74, 6) is 0.382. The lowest BCUT2D eigenvalue weighted by molar-refractivity contribution is 0.366. The van der Waals surface area contributed by atoms with Gasteiger partial charge in [-0.3, -0.25) is 0 Å². The van der Waals surface area contributed by atoms with Crippen molar-refractivity contribution in [3.05, 3.63) is 29.6 Å². The third kappa shape index (κ3) is 2.73. The first-order chi connectivity index (χ1) is 7.61. The minimum atomic E-state index is -0.260. The van der Waals surface area contributed by atoms with Gasteiger partial charge in [-0.1, -0.05) is 32.9 Å². The van der Waals surface area contributed by atoms with Crippen molar-refractivity contribution in [2.24, 2.45) is 5.92 Å². The first-order valence-corrected chi connectivity index (χ1v) is 5.67. The highest BCUT2D eigenvalue weighted by molar-refractivity contribution is 5.33. The highest BCUT2D eigenvalue weighted by Crippen LogP contribution is 2.28. The zero-order valence-electron chi connectivity index (χ0n) is 10.4. The quantitative estimate of drug-likeness (QED) is 0.831. The van der Waals surface area contributed by atoms with E-state index in [1.165, 1.54) is 7.11 Å². The Kier molecular flexibility index (Phi) is 4.74. The van der Waals surface area contributed by atoms with Gasteiger partial charge in [0.2, 0.25) is 0 Å². The molecule has 0 aliphatic carbocycles. The maximum absolute atomic E-state index is 14.0. The lowest BCUT2D eigenvalue weighted by atomic mass is 9.95. The van der Waals surface area contributed by atoms with E-state index in [-0.39, 0.29) is 11.9 Å². The number of nitrogens with one attached hydrogen (secondary N) is 1. The van der Waals surface area contributed by atoms with Crippen molar-refractivity contribution < 1.29 is 9.13 Å². The predicted octanol–water partition coefficient (Wildman–Crippen LogP) is 3.14. The minimum absolute atomic E-state index is 0.0279. The third-order valence-electron chi connectivity index (χ3n) is 2.64. The van der Waals surface area contributed by atoms with E-state index in [1.807, 2.05) is 19.1 Å². The first-order valence-electron chi connectivity index (χ1n) is 5.67. The molecule has 1 aromatic carbocycles. The first kappa shape index (κ1) is 13.0. The number of hydrogen-bond acceptors (Lipinski definition) is 2. The summed E-state index contributed by atoms with van der Waals surface area (Å²) in [5.41, 5.74) is 0.677. The summed E-state index contributed by atoms with van der Waals surface area (Å²) < 4.78 is 19.0. The van der Waals surface area contributed by atoms with Crippen LogP contribution in [0.25, 0.3) is 0 Å². The van der Waals surface area contributed by atoms with Gasteiger partial charge in [0.25, 0.3) is 0 Å². The van der Waals surface area contributed by atoms with Crippen LogP contribution in [0.1, 0.15) is 32.4 Å². The maximum Gasteiger partial charge on any atom is 0.169 e. The number of benzene rings is 1. The molecule has 0 heterocycles. The van der Waals surface area contributed by atoms with Crippen LogP contribution in [0.15, 0.2) is 18.2 Å². The Morgan fingerprint density at radius 3 is 2.56 bits per heavy atom. The molecule has 3 heteroatoms. The smallest absolute Gasteiger partial charge is 0.169 e. The van der Waals surface area contributed by atoms with Gasteiger partial charge < -0.3 is 10.1 Å². The van der Waals surface area contributed by atoms with Crippen LogP contribution in [0.2, 0.25) is 0 Å². The van der Waals surface area contributed by atoms with Crippen molar-refractivity contribution in [2.45, 2.75) is 26.8 Å². The number of hydrogen-bond donors (Lipinski definition) is 1. The van der Waals surface area contributed by atoms with E-state index in [4.69, 9.17) is 4.74 Å². The summed E-state index contributed by atoms with van der Waals surface area (Å²) in [6.07, 6.45) is 0. The molecule has 0 saturated carbocycles. The van der Waals surface area contributed by atoms with Gasteiger partial charge in [-0.15, -0.1) is 0 Å². The lowest BCUT2D eigenvalue weighted by Crippen LogP contribution is -2.26. The minimum Gasteiger partial charge on any atom is -0.494 e. The molecule has 0 amide bonds. The Morgan fingerprint density at radius 2 is 2.06 bits per heavy atom. The van der Waals surface area contributed by atoms with E-state index in [0.717, 1.165) is 6.54 Å². The summed E-state index contributed by atoms with van der Waals surface area (Å²) in [5, 5.41) is 3.29. The van der Waals surface area contributed by atoms with E-state index in [2.05, 4.69) is 19.2 Å². The average molecular weight is 225 g/mol. The van der Waals surface area contributed by atoms with Crippen molar-refractivity contribution in [3.8, 4) is 5.75 Å². The van der Waals surface area contributed by atoms with Crippen molar-refractivity contribution >= 4 is 0 Å². The second-order valence-electron chi connectivity index (χ2n) is 4.14. The van der Waals surface area contributed by atoms with Crippen molar-refractivity contribution in [1.29, 1.82) is 0 Å². The van der Waals surface area contributed by atoms with Gasteiger partial charge in [-0.05, 0) is 18.5 Å². The molecule has 1 N–H and O–H groups in total. The molecule has 0 fully saturated rings. The zero-order valence-corrected chi connectivity index (χ0v) is 10.4. The number of halogens is 1. The molecule has 0 saturated heterocycles. The van der Waals surface area contributed by atoms with Crippen LogP contribution in [-0.4, -0.2) is 13.7 Å². The van der Waals surface area contributed by atoms with Crippen molar-refractivity contribution in [3.63, 3.8) is 0 Å². The monoisotopic (exact) mass is 225 g/mol. The Hall–Kier alpha value is -1.09. The zero-order chi connectivity index (χ0) is 12.1. The van der Waals surface area contributed by atoms with Gasteiger partial charge in [0.1, 0.15) is 0 Å². The number of rotatable bonds is 5. The van der Waals surface area contributed by atoms with Crippen molar-refractivity contribution in [2.75, 3.05) is 13.7 Å². The predicted molar refractivity (Wildman–Crippen MR) is 64.2 cm³/mol. The van der Waals surface area contributed by atoms with E-state index in [1.54, 1.807) is 6.07 Å². The summed E-state index contributed by atoms with van der Waals surface area (Å²) in [7, 11) is 1.49.